The van der Waals surface area contributed by atoms with Gasteiger partial charge in [-0.05, 0) is 37.3 Å². The van der Waals surface area contributed by atoms with Crippen LogP contribution in [0.3, 0.4) is 0 Å². The van der Waals surface area contributed by atoms with Crippen molar-refractivity contribution >= 4 is 0 Å². The second-order valence-corrected chi connectivity index (χ2v) is 7.25. The second kappa shape index (κ2) is 6.61. The molecule has 2 aromatic rings. The lowest BCUT2D eigenvalue weighted by molar-refractivity contribution is 0.266. The summed E-state index contributed by atoms with van der Waals surface area (Å²) in [5.74, 6) is 0.984. The third-order valence-electron chi connectivity index (χ3n) is 3.97. The van der Waals surface area contributed by atoms with E-state index in [-0.39, 0.29) is 11.5 Å². The molecule has 0 radical (unpaired) electrons. The molecule has 1 unspecified atom stereocenters. The molecule has 2 rings (SSSR count). The Kier molecular flexibility index (Phi) is 5.01. The lowest BCUT2D eigenvalue weighted by atomic mass is 9.81. The molecule has 120 valence electrons. The number of benzene rings is 1. The van der Waals surface area contributed by atoms with Gasteiger partial charge in [0.2, 0.25) is 0 Å². The van der Waals surface area contributed by atoms with Crippen molar-refractivity contribution < 1.29 is 0 Å². The normalized spacial score (nSPS) is 13.6. The summed E-state index contributed by atoms with van der Waals surface area (Å²) in [6.45, 7) is 13.9. The maximum atomic E-state index is 4.40. The fourth-order valence-corrected chi connectivity index (χ4v) is 2.82. The van der Waals surface area contributed by atoms with Crippen LogP contribution in [-0.2, 0) is 6.54 Å². The van der Waals surface area contributed by atoms with Crippen molar-refractivity contribution in [3.05, 3.63) is 47.5 Å². The first kappa shape index (κ1) is 16.7. The molecule has 0 saturated heterocycles. The molecule has 4 nitrogen and oxygen atoms in total. The van der Waals surface area contributed by atoms with E-state index in [1.54, 1.807) is 6.33 Å². The Labute approximate surface area is 134 Å². The van der Waals surface area contributed by atoms with Gasteiger partial charge in [-0.3, -0.25) is 0 Å². The van der Waals surface area contributed by atoms with Crippen LogP contribution in [0.5, 0.6) is 0 Å². The summed E-state index contributed by atoms with van der Waals surface area (Å²) in [6.07, 6.45) is 1.64. The maximum absolute atomic E-state index is 4.40. The zero-order valence-corrected chi connectivity index (χ0v) is 14.6. The minimum Gasteiger partial charge on any atom is -0.302 e. The average Bonchev–Trinajstić information content (AvgIpc) is 2.88. The highest BCUT2D eigenvalue weighted by molar-refractivity contribution is 5.30. The zero-order valence-electron chi connectivity index (χ0n) is 14.6. The first-order valence-electron chi connectivity index (χ1n) is 7.98. The molecule has 0 aliphatic carbocycles. The summed E-state index contributed by atoms with van der Waals surface area (Å²) in [7, 11) is 0. The Bertz CT molecular complexity index is 608. The van der Waals surface area contributed by atoms with Gasteiger partial charge < -0.3 is 5.32 Å². The van der Waals surface area contributed by atoms with Crippen LogP contribution < -0.4 is 5.32 Å². The van der Waals surface area contributed by atoms with E-state index in [2.05, 4.69) is 81.2 Å². The molecule has 1 heterocycles. The van der Waals surface area contributed by atoms with Crippen LogP contribution in [-0.4, -0.2) is 14.8 Å². The van der Waals surface area contributed by atoms with Crippen molar-refractivity contribution in [1.29, 1.82) is 0 Å². The Morgan fingerprint density at radius 3 is 2.45 bits per heavy atom. The van der Waals surface area contributed by atoms with E-state index in [4.69, 9.17) is 0 Å². The summed E-state index contributed by atoms with van der Waals surface area (Å²) in [6, 6.07) is 9.18. The van der Waals surface area contributed by atoms with E-state index in [0.717, 1.165) is 5.82 Å². The standard InChI is InChI=1S/C18H28N4/c1-13(2)22-16(20-12-21-22)11-19-17(18(4,5)6)15-10-8-7-9-14(15)3/h7-10,12-13,17,19H,11H2,1-6H3. The molecule has 1 N–H and O–H groups in total. The van der Waals surface area contributed by atoms with Crippen LogP contribution in [0.4, 0.5) is 0 Å². The predicted molar refractivity (Wildman–Crippen MR) is 90.6 cm³/mol. The maximum Gasteiger partial charge on any atom is 0.141 e. The minimum atomic E-state index is 0.120. The highest BCUT2D eigenvalue weighted by atomic mass is 15.4. The van der Waals surface area contributed by atoms with Gasteiger partial charge in [-0.15, -0.1) is 0 Å². The Hall–Kier alpha value is -1.68. The highest BCUT2D eigenvalue weighted by Gasteiger charge is 2.27. The van der Waals surface area contributed by atoms with E-state index in [0.29, 0.717) is 12.6 Å². The Morgan fingerprint density at radius 1 is 1.18 bits per heavy atom. The number of hydrogen-bond donors (Lipinski definition) is 1. The Morgan fingerprint density at radius 2 is 1.86 bits per heavy atom. The molecule has 4 heteroatoms. The van der Waals surface area contributed by atoms with Crippen molar-refractivity contribution in [2.75, 3.05) is 0 Å². The van der Waals surface area contributed by atoms with Gasteiger partial charge in [0.1, 0.15) is 12.2 Å². The first-order chi connectivity index (χ1) is 10.3. The van der Waals surface area contributed by atoms with Gasteiger partial charge in [0.15, 0.2) is 0 Å². The monoisotopic (exact) mass is 300 g/mol. The van der Waals surface area contributed by atoms with Crippen LogP contribution >= 0.6 is 0 Å². The van der Waals surface area contributed by atoms with Crippen LogP contribution in [0, 0.1) is 12.3 Å². The molecule has 0 saturated carbocycles. The minimum absolute atomic E-state index is 0.120. The molecule has 1 aromatic heterocycles. The molecule has 1 aromatic carbocycles. The van der Waals surface area contributed by atoms with Crippen LogP contribution in [0.1, 0.15) is 63.7 Å². The third kappa shape index (κ3) is 3.74. The van der Waals surface area contributed by atoms with Crippen molar-refractivity contribution in [2.24, 2.45) is 5.41 Å². The van der Waals surface area contributed by atoms with Crippen LogP contribution in [0.15, 0.2) is 30.6 Å². The number of nitrogens with zero attached hydrogens (tertiary/aromatic N) is 3. The van der Waals surface area contributed by atoms with Gasteiger partial charge in [0, 0.05) is 12.1 Å². The molecule has 1 atom stereocenters. The highest BCUT2D eigenvalue weighted by Crippen LogP contribution is 2.34. The summed E-state index contributed by atoms with van der Waals surface area (Å²) in [4.78, 5) is 4.40. The number of hydrogen-bond acceptors (Lipinski definition) is 3. The summed E-state index contributed by atoms with van der Waals surface area (Å²) in [5.41, 5.74) is 2.79. The molecule has 0 fully saturated rings. The van der Waals surface area contributed by atoms with Crippen molar-refractivity contribution in [2.45, 2.75) is 60.2 Å². The topological polar surface area (TPSA) is 42.7 Å². The predicted octanol–water partition coefficient (Wildman–Crippen LogP) is 4.04. The summed E-state index contributed by atoms with van der Waals surface area (Å²) < 4.78 is 1.98. The van der Waals surface area contributed by atoms with Gasteiger partial charge in [0.25, 0.3) is 0 Å². The number of rotatable bonds is 5. The number of nitrogens with one attached hydrogen (secondary N) is 1. The van der Waals surface area contributed by atoms with Gasteiger partial charge in [-0.2, -0.15) is 5.10 Å². The van der Waals surface area contributed by atoms with E-state index in [9.17, 15) is 0 Å². The first-order valence-corrected chi connectivity index (χ1v) is 7.98. The smallest absolute Gasteiger partial charge is 0.141 e. The van der Waals surface area contributed by atoms with Crippen molar-refractivity contribution in [3.63, 3.8) is 0 Å². The van der Waals surface area contributed by atoms with Gasteiger partial charge in [-0.1, -0.05) is 45.0 Å². The number of aryl methyl sites for hydroxylation is 1. The van der Waals surface area contributed by atoms with Gasteiger partial charge in [-0.25, -0.2) is 9.67 Å². The number of aromatic nitrogens is 3. The fraction of sp³-hybridized carbons (Fsp3) is 0.556. The van der Waals surface area contributed by atoms with E-state index in [1.807, 2.05) is 4.68 Å². The molecular formula is C18H28N4. The molecular weight excluding hydrogens is 272 g/mol. The zero-order chi connectivity index (χ0) is 16.3. The van der Waals surface area contributed by atoms with Crippen molar-refractivity contribution in [1.82, 2.24) is 20.1 Å². The fourth-order valence-electron chi connectivity index (χ4n) is 2.82. The van der Waals surface area contributed by atoms with Crippen molar-refractivity contribution in [3.8, 4) is 0 Å². The largest absolute Gasteiger partial charge is 0.302 e. The van der Waals surface area contributed by atoms with Crippen LogP contribution in [0.25, 0.3) is 0 Å². The third-order valence-corrected chi connectivity index (χ3v) is 3.97. The van der Waals surface area contributed by atoms with E-state index >= 15 is 0 Å². The molecule has 0 aliphatic rings. The molecule has 22 heavy (non-hydrogen) atoms. The van der Waals surface area contributed by atoms with Gasteiger partial charge >= 0.3 is 0 Å². The SMILES string of the molecule is Cc1ccccc1C(NCc1ncnn1C(C)C)C(C)(C)C. The lowest BCUT2D eigenvalue weighted by Crippen LogP contribution is -2.33. The second-order valence-electron chi connectivity index (χ2n) is 7.25. The lowest BCUT2D eigenvalue weighted by Gasteiger charge is -2.33. The molecule has 0 bridgehead atoms. The molecule has 0 spiro atoms. The summed E-state index contributed by atoms with van der Waals surface area (Å²) in [5, 5.41) is 8.00. The molecule has 0 aliphatic heterocycles. The van der Waals surface area contributed by atoms with E-state index < -0.39 is 0 Å². The van der Waals surface area contributed by atoms with Crippen LogP contribution in [0.2, 0.25) is 0 Å². The van der Waals surface area contributed by atoms with E-state index in [1.165, 1.54) is 11.1 Å². The van der Waals surface area contributed by atoms with Gasteiger partial charge in [0.05, 0.1) is 6.54 Å². The summed E-state index contributed by atoms with van der Waals surface area (Å²) >= 11 is 0. The Balaban J connectivity index is 2.22. The quantitative estimate of drug-likeness (QED) is 0.906. The molecule has 0 amide bonds. The average molecular weight is 300 g/mol.